The molecule has 0 spiro atoms. The van der Waals surface area contributed by atoms with Gasteiger partial charge in [-0.1, -0.05) is 33.6 Å². The van der Waals surface area contributed by atoms with Crippen LogP contribution in [-0.4, -0.2) is 32.2 Å². The predicted octanol–water partition coefficient (Wildman–Crippen LogP) is 4.15. The first-order valence-electron chi connectivity index (χ1n) is 8.05. The lowest BCUT2D eigenvalue weighted by Crippen LogP contribution is -2.36. The van der Waals surface area contributed by atoms with E-state index in [1.54, 1.807) is 0 Å². The number of carbonyl (C=O) groups excluding carboxylic acids is 1. The lowest BCUT2D eigenvalue weighted by atomic mass is 10.0. The normalized spacial score (nSPS) is 14.5. The van der Waals surface area contributed by atoms with Crippen molar-refractivity contribution in [3.05, 3.63) is 57.6 Å². The van der Waals surface area contributed by atoms with Crippen LogP contribution in [-0.2, 0) is 4.74 Å². The highest BCUT2D eigenvalue weighted by atomic mass is 79.9. The maximum atomic E-state index is 12.7. The summed E-state index contributed by atoms with van der Waals surface area (Å²) in [7, 11) is 0. The monoisotopic (exact) mass is 388 g/mol. The molecule has 0 radical (unpaired) electrons. The molecule has 3 rings (SSSR count). The number of ether oxygens (including phenoxy) is 1. The van der Waals surface area contributed by atoms with Crippen LogP contribution in [0.4, 0.5) is 11.4 Å². The molecule has 1 heterocycles. The SMILES string of the molecule is Cc1ccc(C(=O)Nc2cc(Br)ccc2N2CCOCC2)c(C)c1. The molecule has 1 saturated heterocycles. The van der Waals surface area contributed by atoms with Crippen molar-refractivity contribution in [1.29, 1.82) is 0 Å². The van der Waals surface area contributed by atoms with Gasteiger partial charge in [-0.3, -0.25) is 4.79 Å². The molecule has 0 saturated carbocycles. The largest absolute Gasteiger partial charge is 0.378 e. The number of aryl methyl sites for hydroxylation is 2. The van der Waals surface area contributed by atoms with Crippen LogP contribution in [0.2, 0.25) is 0 Å². The quantitative estimate of drug-likeness (QED) is 0.858. The number of morpholine rings is 1. The molecule has 0 bridgehead atoms. The van der Waals surface area contributed by atoms with Crippen LogP contribution in [0.1, 0.15) is 21.5 Å². The van der Waals surface area contributed by atoms with E-state index in [1.165, 1.54) is 0 Å². The highest BCUT2D eigenvalue weighted by Gasteiger charge is 2.17. The first-order chi connectivity index (χ1) is 11.5. The van der Waals surface area contributed by atoms with Crippen LogP contribution in [0, 0.1) is 13.8 Å². The van der Waals surface area contributed by atoms with E-state index in [4.69, 9.17) is 4.74 Å². The van der Waals surface area contributed by atoms with Crippen LogP contribution in [0.5, 0.6) is 0 Å². The molecule has 0 aromatic heterocycles. The Bertz CT molecular complexity index is 755. The Morgan fingerprint density at radius 3 is 2.58 bits per heavy atom. The average Bonchev–Trinajstić information content (AvgIpc) is 2.55. The van der Waals surface area contributed by atoms with Gasteiger partial charge in [-0.15, -0.1) is 0 Å². The van der Waals surface area contributed by atoms with Gasteiger partial charge in [-0.25, -0.2) is 0 Å². The second kappa shape index (κ2) is 7.36. The summed E-state index contributed by atoms with van der Waals surface area (Å²) >= 11 is 3.50. The Labute approximate surface area is 150 Å². The highest BCUT2D eigenvalue weighted by molar-refractivity contribution is 9.10. The minimum Gasteiger partial charge on any atom is -0.378 e. The number of hydrogen-bond donors (Lipinski definition) is 1. The summed E-state index contributed by atoms with van der Waals surface area (Å²) in [5.74, 6) is -0.0832. The van der Waals surface area contributed by atoms with Gasteiger partial charge in [0.1, 0.15) is 0 Å². The molecule has 1 N–H and O–H groups in total. The molecule has 1 aliphatic heterocycles. The number of benzene rings is 2. The van der Waals surface area contributed by atoms with Crippen molar-refractivity contribution in [2.24, 2.45) is 0 Å². The molecular formula is C19H21BrN2O2. The Balaban J connectivity index is 1.88. The van der Waals surface area contributed by atoms with E-state index >= 15 is 0 Å². The fraction of sp³-hybridized carbons (Fsp3) is 0.316. The molecule has 2 aromatic carbocycles. The summed E-state index contributed by atoms with van der Waals surface area (Å²) in [4.78, 5) is 15.0. The summed E-state index contributed by atoms with van der Waals surface area (Å²) in [5, 5.41) is 3.07. The summed E-state index contributed by atoms with van der Waals surface area (Å²) in [6.45, 7) is 7.06. The van der Waals surface area contributed by atoms with Crippen molar-refractivity contribution in [1.82, 2.24) is 0 Å². The number of carbonyl (C=O) groups is 1. The van der Waals surface area contributed by atoms with Crippen LogP contribution in [0.3, 0.4) is 0 Å². The van der Waals surface area contributed by atoms with E-state index in [1.807, 2.05) is 50.2 Å². The van der Waals surface area contributed by atoms with Crippen LogP contribution < -0.4 is 10.2 Å². The number of rotatable bonds is 3. The standard InChI is InChI=1S/C19H21BrN2O2/c1-13-3-5-16(14(2)11-13)19(23)21-17-12-15(20)4-6-18(17)22-7-9-24-10-8-22/h3-6,11-12H,7-10H2,1-2H3,(H,21,23). The van der Waals surface area contributed by atoms with Gasteiger partial charge < -0.3 is 15.0 Å². The third-order valence-electron chi connectivity index (χ3n) is 4.19. The summed E-state index contributed by atoms with van der Waals surface area (Å²) in [6.07, 6.45) is 0. The second-order valence-electron chi connectivity index (χ2n) is 6.03. The van der Waals surface area contributed by atoms with E-state index < -0.39 is 0 Å². The molecule has 1 fully saturated rings. The van der Waals surface area contributed by atoms with Crippen molar-refractivity contribution in [3.8, 4) is 0 Å². The van der Waals surface area contributed by atoms with Gasteiger partial charge in [-0.2, -0.15) is 0 Å². The van der Waals surface area contributed by atoms with Gasteiger partial charge in [0, 0.05) is 23.1 Å². The van der Waals surface area contributed by atoms with Crippen molar-refractivity contribution >= 4 is 33.2 Å². The maximum Gasteiger partial charge on any atom is 0.255 e. The summed E-state index contributed by atoms with van der Waals surface area (Å²) in [5.41, 5.74) is 4.68. The van der Waals surface area contributed by atoms with Gasteiger partial charge >= 0.3 is 0 Å². The number of halogens is 1. The summed E-state index contributed by atoms with van der Waals surface area (Å²) in [6, 6.07) is 11.9. The van der Waals surface area contributed by atoms with Gasteiger partial charge in [0.25, 0.3) is 5.91 Å². The Morgan fingerprint density at radius 1 is 1.12 bits per heavy atom. The molecule has 0 unspecified atom stereocenters. The van der Waals surface area contributed by atoms with Gasteiger partial charge in [0.2, 0.25) is 0 Å². The Hall–Kier alpha value is -1.85. The van der Waals surface area contributed by atoms with Crippen molar-refractivity contribution in [2.45, 2.75) is 13.8 Å². The van der Waals surface area contributed by atoms with Gasteiger partial charge in [-0.05, 0) is 43.7 Å². The lowest BCUT2D eigenvalue weighted by Gasteiger charge is -2.30. The zero-order valence-electron chi connectivity index (χ0n) is 13.9. The van der Waals surface area contributed by atoms with E-state index in [-0.39, 0.29) is 5.91 Å². The Morgan fingerprint density at radius 2 is 1.88 bits per heavy atom. The maximum absolute atomic E-state index is 12.7. The van der Waals surface area contributed by atoms with Gasteiger partial charge in [0.05, 0.1) is 24.6 Å². The molecule has 24 heavy (non-hydrogen) atoms. The zero-order chi connectivity index (χ0) is 17.1. The van der Waals surface area contributed by atoms with Crippen molar-refractivity contribution in [2.75, 3.05) is 36.5 Å². The molecule has 2 aromatic rings. The fourth-order valence-corrected chi connectivity index (χ4v) is 3.31. The smallest absolute Gasteiger partial charge is 0.255 e. The first-order valence-corrected chi connectivity index (χ1v) is 8.85. The highest BCUT2D eigenvalue weighted by Crippen LogP contribution is 2.30. The van der Waals surface area contributed by atoms with Crippen LogP contribution in [0.25, 0.3) is 0 Å². The average molecular weight is 389 g/mol. The molecule has 5 heteroatoms. The van der Waals surface area contributed by atoms with Crippen LogP contribution in [0.15, 0.2) is 40.9 Å². The lowest BCUT2D eigenvalue weighted by molar-refractivity contribution is 0.102. The molecule has 0 aliphatic carbocycles. The van der Waals surface area contributed by atoms with Crippen molar-refractivity contribution < 1.29 is 9.53 Å². The summed E-state index contributed by atoms with van der Waals surface area (Å²) < 4.78 is 6.36. The number of nitrogens with one attached hydrogen (secondary N) is 1. The molecule has 1 aliphatic rings. The second-order valence-corrected chi connectivity index (χ2v) is 6.95. The third-order valence-corrected chi connectivity index (χ3v) is 4.68. The third kappa shape index (κ3) is 3.79. The van der Waals surface area contributed by atoms with Crippen molar-refractivity contribution in [3.63, 3.8) is 0 Å². The van der Waals surface area contributed by atoms with E-state index in [0.717, 1.165) is 40.1 Å². The number of nitrogens with zero attached hydrogens (tertiary/aromatic N) is 1. The molecule has 4 nitrogen and oxygen atoms in total. The number of anilines is 2. The minimum absolute atomic E-state index is 0.0832. The number of hydrogen-bond acceptors (Lipinski definition) is 3. The Kier molecular flexibility index (Phi) is 5.21. The predicted molar refractivity (Wildman–Crippen MR) is 101 cm³/mol. The van der Waals surface area contributed by atoms with E-state index in [2.05, 4.69) is 26.1 Å². The van der Waals surface area contributed by atoms with E-state index in [0.29, 0.717) is 18.8 Å². The minimum atomic E-state index is -0.0832. The number of amides is 1. The topological polar surface area (TPSA) is 41.6 Å². The molecule has 1 amide bonds. The molecular weight excluding hydrogens is 368 g/mol. The first kappa shape index (κ1) is 17.0. The fourth-order valence-electron chi connectivity index (χ4n) is 2.95. The van der Waals surface area contributed by atoms with Gasteiger partial charge in [0.15, 0.2) is 0 Å². The zero-order valence-corrected chi connectivity index (χ0v) is 15.5. The van der Waals surface area contributed by atoms with E-state index in [9.17, 15) is 4.79 Å². The molecule has 0 atom stereocenters. The molecule has 126 valence electrons. The van der Waals surface area contributed by atoms with Crippen LogP contribution >= 0.6 is 15.9 Å².